The van der Waals surface area contributed by atoms with E-state index in [0.717, 1.165) is 18.5 Å². The minimum absolute atomic E-state index is 0.106. The van der Waals surface area contributed by atoms with Crippen molar-refractivity contribution in [2.24, 2.45) is 12.5 Å². The predicted molar refractivity (Wildman–Crippen MR) is 82.4 cm³/mol. The van der Waals surface area contributed by atoms with Gasteiger partial charge in [-0.2, -0.15) is 5.10 Å². The van der Waals surface area contributed by atoms with E-state index in [1.165, 1.54) is 0 Å². The fourth-order valence-electron chi connectivity index (χ4n) is 3.45. The lowest BCUT2D eigenvalue weighted by atomic mass is 9.85. The second kappa shape index (κ2) is 5.39. The van der Waals surface area contributed by atoms with Crippen LogP contribution in [0.15, 0.2) is 12.4 Å². The zero-order valence-corrected chi connectivity index (χ0v) is 13.4. The van der Waals surface area contributed by atoms with E-state index >= 15 is 0 Å². The molecule has 1 atom stereocenters. The number of aromatic nitrogens is 2. The van der Waals surface area contributed by atoms with Gasteiger partial charge in [-0.3, -0.25) is 14.3 Å². The number of amides is 2. The quantitative estimate of drug-likeness (QED) is 0.785. The number of carbonyl (C=O) groups is 2. The summed E-state index contributed by atoms with van der Waals surface area (Å²) in [6.07, 6.45) is 5.16. The monoisotopic (exact) mass is 305 g/mol. The Labute approximate surface area is 130 Å². The van der Waals surface area contributed by atoms with Crippen LogP contribution in [0.5, 0.6) is 0 Å². The zero-order valence-electron chi connectivity index (χ0n) is 13.4. The van der Waals surface area contributed by atoms with Crippen molar-refractivity contribution < 1.29 is 9.59 Å². The van der Waals surface area contributed by atoms with Crippen LogP contribution in [0.3, 0.4) is 0 Å². The molecule has 2 saturated heterocycles. The molecule has 1 aromatic rings. The highest BCUT2D eigenvalue weighted by Gasteiger charge is 2.52. The van der Waals surface area contributed by atoms with E-state index < -0.39 is 5.41 Å². The molecule has 7 nitrogen and oxygen atoms in total. The summed E-state index contributed by atoms with van der Waals surface area (Å²) in [6.45, 7) is 2.34. The molecule has 3 heterocycles. The first kappa shape index (κ1) is 15.0. The third-order valence-corrected chi connectivity index (χ3v) is 4.67. The Morgan fingerprint density at radius 3 is 2.73 bits per heavy atom. The summed E-state index contributed by atoms with van der Waals surface area (Å²) in [5.74, 6) is 0.246. The molecular weight excluding hydrogens is 282 g/mol. The lowest BCUT2D eigenvalue weighted by Crippen LogP contribution is -2.40. The van der Waals surface area contributed by atoms with E-state index in [9.17, 15) is 9.59 Å². The van der Waals surface area contributed by atoms with Crippen molar-refractivity contribution in [3.63, 3.8) is 0 Å². The van der Waals surface area contributed by atoms with Gasteiger partial charge in [-0.15, -0.1) is 0 Å². The van der Waals surface area contributed by atoms with Crippen molar-refractivity contribution in [1.29, 1.82) is 0 Å². The highest BCUT2D eigenvalue weighted by molar-refractivity contribution is 6.00. The molecule has 1 unspecified atom stereocenters. The maximum absolute atomic E-state index is 12.9. The second-order valence-corrected chi connectivity index (χ2v) is 6.66. The Kier molecular flexibility index (Phi) is 3.68. The van der Waals surface area contributed by atoms with Crippen LogP contribution in [0, 0.1) is 5.41 Å². The molecule has 2 fully saturated rings. The molecule has 0 aromatic carbocycles. The number of rotatable bonds is 3. The van der Waals surface area contributed by atoms with E-state index in [1.807, 2.05) is 42.0 Å². The fraction of sp³-hybridized carbons (Fsp3) is 0.667. The van der Waals surface area contributed by atoms with Crippen LogP contribution in [0.2, 0.25) is 0 Å². The van der Waals surface area contributed by atoms with Gasteiger partial charge in [0.05, 0.1) is 23.8 Å². The van der Waals surface area contributed by atoms with Crippen LogP contribution >= 0.6 is 0 Å². The van der Waals surface area contributed by atoms with Crippen LogP contribution < -0.4 is 4.90 Å². The third kappa shape index (κ3) is 2.49. The number of hydrogen-bond donors (Lipinski definition) is 0. The first-order chi connectivity index (χ1) is 10.4. The Hall–Kier alpha value is -1.89. The van der Waals surface area contributed by atoms with Gasteiger partial charge in [0.1, 0.15) is 0 Å². The topological polar surface area (TPSA) is 61.7 Å². The molecule has 2 aliphatic heterocycles. The predicted octanol–water partition coefficient (Wildman–Crippen LogP) is -0.0629. The third-order valence-electron chi connectivity index (χ3n) is 4.67. The molecule has 22 heavy (non-hydrogen) atoms. The minimum atomic E-state index is -0.391. The van der Waals surface area contributed by atoms with Gasteiger partial charge < -0.3 is 14.7 Å². The number of nitrogens with zero attached hydrogens (tertiary/aromatic N) is 5. The number of aryl methyl sites for hydroxylation is 1. The summed E-state index contributed by atoms with van der Waals surface area (Å²) in [6, 6.07) is 0. The van der Waals surface area contributed by atoms with Crippen molar-refractivity contribution in [2.45, 2.75) is 12.8 Å². The largest absolute Gasteiger partial charge is 0.340 e. The molecule has 1 spiro atoms. The highest BCUT2D eigenvalue weighted by atomic mass is 16.2. The number of likely N-dealkylation sites (tertiary alicyclic amines) is 1. The lowest BCUT2D eigenvalue weighted by Gasteiger charge is -2.24. The van der Waals surface area contributed by atoms with Crippen molar-refractivity contribution in [3.8, 4) is 0 Å². The minimum Gasteiger partial charge on any atom is -0.340 e. The number of hydrogen-bond acceptors (Lipinski definition) is 4. The van der Waals surface area contributed by atoms with Crippen molar-refractivity contribution in [3.05, 3.63) is 12.4 Å². The summed E-state index contributed by atoms with van der Waals surface area (Å²) < 4.78 is 1.70. The lowest BCUT2D eigenvalue weighted by molar-refractivity contribution is -0.132. The van der Waals surface area contributed by atoms with Gasteiger partial charge in [0.2, 0.25) is 11.8 Å². The Bertz CT molecular complexity index is 597. The van der Waals surface area contributed by atoms with Crippen molar-refractivity contribution in [2.75, 3.05) is 45.2 Å². The number of carbonyl (C=O) groups excluding carboxylic acids is 2. The summed E-state index contributed by atoms with van der Waals surface area (Å²) in [7, 11) is 5.61. The van der Waals surface area contributed by atoms with Crippen LogP contribution in [-0.4, -0.2) is 71.7 Å². The van der Waals surface area contributed by atoms with Gasteiger partial charge in [0.25, 0.3) is 0 Å². The molecule has 2 amide bonds. The molecule has 0 saturated carbocycles. The van der Waals surface area contributed by atoms with Gasteiger partial charge in [-0.05, 0) is 26.9 Å². The van der Waals surface area contributed by atoms with Crippen molar-refractivity contribution >= 4 is 17.5 Å². The van der Waals surface area contributed by atoms with Crippen LogP contribution in [0.4, 0.5) is 5.69 Å². The molecule has 120 valence electrons. The average molecular weight is 305 g/mol. The molecule has 0 aliphatic carbocycles. The summed E-state index contributed by atoms with van der Waals surface area (Å²) in [4.78, 5) is 30.6. The van der Waals surface area contributed by atoms with Crippen LogP contribution in [-0.2, 0) is 16.6 Å². The molecule has 3 rings (SSSR count). The molecular formula is C15H23N5O2. The van der Waals surface area contributed by atoms with Gasteiger partial charge in [-0.1, -0.05) is 0 Å². The summed E-state index contributed by atoms with van der Waals surface area (Å²) in [5, 5.41) is 4.14. The molecule has 0 N–H and O–H groups in total. The van der Waals surface area contributed by atoms with E-state index in [4.69, 9.17) is 0 Å². The van der Waals surface area contributed by atoms with E-state index in [2.05, 4.69) is 5.10 Å². The Balaban J connectivity index is 1.71. The summed E-state index contributed by atoms with van der Waals surface area (Å²) >= 11 is 0. The average Bonchev–Trinajstić information content (AvgIpc) is 3.12. The zero-order chi connectivity index (χ0) is 15.9. The van der Waals surface area contributed by atoms with Gasteiger partial charge in [0.15, 0.2) is 0 Å². The van der Waals surface area contributed by atoms with Crippen molar-refractivity contribution in [1.82, 2.24) is 19.6 Å². The number of likely N-dealkylation sites (N-methyl/N-ethyl adjacent to an activating group) is 1. The molecule has 0 radical (unpaired) electrons. The van der Waals surface area contributed by atoms with E-state index in [1.54, 1.807) is 10.9 Å². The molecule has 7 heteroatoms. The van der Waals surface area contributed by atoms with E-state index in [-0.39, 0.29) is 11.8 Å². The number of anilines is 1. The fourth-order valence-corrected chi connectivity index (χ4v) is 3.45. The van der Waals surface area contributed by atoms with Crippen LogP contribution in [0.25, 0.3) is 0 Å². The van der Waals surface area contributed by atoms with Gasteiger partial charge in [0, 0.05) is 32.9 Å². The van der Waals surface area contributed by atoms with Gasteiger partial charge in [-0.25, -0.2) is 0 Å². The Morgan fingerprint density at radius 1 is 1.36 bits per heavy atom. The maximum Gasteiger partial charge on any atom is 0.236 e. The second-order valence-electron chi connectivity index (χ2n) is 6.66. The first-order valence-corrected chi connectivity index (χ1v) is 7.64. The summed E-state index contributed by atoms with van der Waals surface area (Å²) in [5.41, 5.74) is 0.458. The van der Waals surface area contributed by atoms with E-state index in [0.29, 0.717) is 26.2 Å². The molecule has 0 bridgehead atoms. The molecule has 1 aromatic heterocycles. The van der Waals surface area contributed by atoms with Crippen LogP contribution in [0.1, 0.15) is 12.8 Å². The van der Waals surface area contributed by atoms with Gasteiger partial charge >= 0.3 is 0 Å². The SMILES string of the molecule is CN(C)CC(=O)N1CCC2(CCN(c3cnn(C)c3)C2=O)C1. The standard InChI is InChI=1S/C15H23N5O2/c1-17(2)10-13(21)19-6-4-15(11-19)5-7-20(14(15)22)12-8-16-18(3)9-12/h8-9H,4-7,10-11H2,1-3H3. The normalized spacial score (nSPS) is 25.0. The maximum atomic E-state index is 12.9. The molecule has 2 aliphatic rings. The Morgan fingerprint density at radius 2 is 2.09 bits per heavy atom. The smallest absolute Gasteiger partial charge is 0.236 e. The highest BCUT2D eigenvalue weighted by Crippen LogP contribution is 2.42. The first-order valence-electron chi connectivity index (χ1n) is 7.64.